The fourth-order valence-corrected chi connectivity index (χ4v) is 3.30. The number of ether oxygens (including phenoxy) is 1. The van der Waals surface area contributed by atoms with Crippen LogP contribution in [0.1, 0.15) is 17.5 Å². The summed E-state index contributed by atoms with van der Waals surface area (Å²) < 4.78 is 5.08. The summed E-state index contributed by atoms with van der Waals surface area (Å²) in [7, 11) is 1.72. The Kier molecular flexibility index (Phi) is 6.28. The molecule has 0 atom stereocenters. The van der Waals surface area contributed by atoms with E-state index in [1.54, 1.807) is 13.4 Å². The van der Waals surface area contributed by atoms with Crippen LogP contribution in [0.2, 0.25) is 0 Å². The van der Waals surface area contributed by atoms with Crippen molar-refractivity contribution in [2.75, 3.05) is 61.6 Å². The Morgan fingerprint density at radius 2 is 1.85 bits per heavy atom. The molecule has 0 unspecified atom stereocenters. The van der Waals surface area contributed by atoms with Crippen LogP contribution in [0, 0.1) is 13.8 Å². The van der Waals surface area contributed by atoms with Gasteiger partial charge in [-0.25, -0.2) is 9.97 Å². The number of methoxy groups -OCH3 is 1. The number of hydrogen-bond donors (Lipinski definition) is 1. The van der Waals surface area contributed by atoms with E-state index in [1.807, 2.05) is 6.07 Å². The number of piperazine rings is 1. The molecule has 0 amide bonds. The van der Waals surface area contributed by atoms with Crippen LogP contribution in [0.25, 0.3) is 0 Å². The zero-order valence-electron chi connectivity index (χ0n) is 16.0. The van der Waals surface area contributed by atoms with Gasteiger partial charge in [0.15, 0.2) is 0 Å². The van der Waals surface area contributed by atoms with Crippen molar-refractivity contribution in [1.82, 2.24) is 9.97 Å². The molecule has 140 valence electrons. The van der Waals surface area contributed by atoms with Gasteiger partial charge < -0.3 is 19.9 Å². The molecule has 1 aliphatic heterocycles. The molecule has 0 aliphatic carbocycles. The van der Waals surface area contributed by atoms with Crippen molar-refractivity contribution in [3.63, 3.8) is 0 Å². The molecular formula is C20H29N5O. The van der Waals surface area contributed by atoms with Gasteiger partial charge >= 0.3 is 0 Å². The molecule has 1 aliphatic rings. The summed E-state index contributed by atoms with van der Waals surface area (Å²) in [5, 5.41) is 3.34. The first-order valence-electron chi connectivity index (χ1n) is 9.30. The van der Waals surface area contributed by atoms with Crippen LogP contribution < -0.4 is 15.1 Å². The summed E-state index contributed by atoms with van der Waals surface area (Å²) in [6, 6.07) is 8.60. The third-order valence-corrected chi connectivity index (χ3v) is 5.00. The Morgan fingerprint density at radius 3 is 2.62 bits per heavy atom. The minimum Gasteiger partial charge on any atom is -0.385 e. The molecule has 0 spiro atoms. The SMILES string of the molecule is COCCCNc1cc(N2CCN(c3cccc(C)c3C)CC2)ncn1. The molecule has 1 aromatic carbocycles. The first kappa shape index (κ1) is 18.5. The van der Waals surface area contributed by atoms with E-state index in [9.17, 15) is 0 Å². The summed E-state index contributed by atoms with van der Waals surface area (Å²) in [5.41, 5.74) is 4.09. The molecule has 2 heterocycles. The molecule has 6 nitrogen and oxygen atoms in total. The summed E-state index contributed by atoms with van der Waals surface area (Å²) in [6.07, 6.45) is 2.61. The van der Waals surface area contributed by atoms with Gasteiger partial charge in [0.2, 0.25) is 0 Å². The maximum atomic E-state index is 5.08. The third kappa shape index (κ3) is 4.43. The van der Waals surface area contributed by atoms with Gasteiger partial charge in [-0.1, -0.05) is 12.1 Å². The topological polar surface area (TPSA) is 53.5 Å². The average molecular weight is 355 g/mol. The number of benzene rings is 1. The molecular weight excluding hydrogens is 326 g/mol. The second kappa shape index (κ2) is 8.85. The summed E-state index contributed by atoms with van der Waals surface area (Å²) in [5.74, 6) is 1.87. The van der Waals surface area contributed by atoms with Gasteiger partial charge in [0.1, 0.15) is 18.0 Å². The van der Waals surface area contributed by atoms with Gasteiger partial charge in [-0.2, -0.15) is 0 Å². The van der Waals surface area contributed by atoms with Gasteiger partial charge in [0, 0.05) is 58.2 Å². The largest absolute Gasteiger partial charge is 0.385 e. The average Bonchev–Trinajstić information content (AvgIpc) is 2.68. The predicted octanol–water partition coefficient (Wildman–Crippen LogP) is 2.87. The third-order valence-electron chi connectivity index (χ3n) is 5.00. The smallest absolute Gasteiger partial charge is 0.134 e. The van der Waals surface area contributed by atoms with Crippen LogP contribution in [0.5, 0.6) is 0 Å². The Labute approximate surface area is 156 Å². The summed E-state index contributed by atoms with van der Waals surface area (Å²) in [6.45, 7) is 9.94. The lowest BCUT2D eigenvalue weighted by Crippen LogP contribution is -2.47. The zero-order chi connectivity index (χ0) is 18.4. The Balaban J connectivity index is 1.58. The van der Waals surface area contributed by atoms with Crippen molar-refractivity contribution in [2.45, 2.75) is 20.3 Å². The molecule has 0 saturated carbocycles. The molecule has 1 fully saturated rings. The van der Waals surface area contributed by atoms with Crippen LogP contribution >= 0.6 is 0 Å². The standard InChI is InChI=1S/C20H29N5O/c1-16-6-4-7-18(17(16)2)24-9-11-25(12-10-24)20-14-19(22-15-23-20)21-8-5-13-26-3/h4,6-7,14-15H,5,8-13H2,1-3H3,(H,21,22,23). The highest BCUT2D eigenvalue weighted by Crippen LogP contribution is 2.25. The normalized spacial score (nSPS) is 14.6. The van der Waals surface area contributed by atoms with Crippen LogP contribution in [-0.4, -0.2) is 56.4 Å². The molecule has 1 N–H and O–H groups in total. The molecule has 26 heavy (non-hydrogen) atoms. The second-order valence-corrected chi connectivity index (χ2v) is 6.73. The summed E-state index contributed by atoms with van der Waals surface area (Å²) in [4.78, 5) is 13.6. The maximum Gasteiger partial charge on any atom is 0.134 e. The number of nitrogens with one attached hydrogen (secondary N) is 1. The van der Waals surface area contributed by atoms with Crippen molar-refractivity contribution in [2.24, 2.45) is 0 Å². The second-order valence-electron chi connectivity index (χ2n) is 6.73. The fourth-order valence-electron chi connectivity index (χ4n) is 3.30. The Hall–Kier alpha value is -2.34. The first-order valence-corrected chi connectivity index (χ1v) is 9.30. The van der Waals surface area contributed by atoms with E-state index in [0.717, 1.165) is 57.4 Å². The summed E-state index contributed by atoms with van der Waals surface area (Å²) >= 11 is 0. The predicted molar refractivity (Wildman–Crippen MR) is 107 cm³/mol. The lowest BCUT2D eigenvalue weighted by atomic mass is 10.1. The van der Waals surface area contributed by atoms with E-state index in [0.29, 0.717) is 0 Å². The van der Waals surface area contributed by atoms with Crippen molar-refractivity contribution < 1.29 is 4.74 Å². The monoisotopic (exact) mass is 355 g/mol. The molecule has 0 bridgehead atoms. The van der Waals surface area contributed by atoms with Gasteiger partial charge in [-0.15, -0.1) is 0 Å². The van der Waals surface area contributed by atoms with E-state index in [1.165, 1.54) is 16.8 Å². The fraction of sp³-hybridized carbons (Fsp3) is 0.500. The number of aryl methyl sites for hydroxylation is 1. The first-order chi connectivity index (χ1) is 12.7. The number of rotatable bonds is 7. The van der Waals surface area contributed by atoms with Crippen molar-refractivity contribution in [3.8, 4) is 0 Å². The maximum absolute atomic E-state index is 5.08. The van der Waals surface area contributed by atoms with Crippen LogP contribution in [-0.2, 0) is 4.74 Å². The van der Waals surface area contributed by atoms with E-state index >= 15 is 0 Å². The lowest BCUT2D eigenvalue weighted by Gasteiger charge is -2.37. The molecule has 1 saturated heterocycles. The minimum atomic E-state index is 0.755. The quantitative estimate of drug-likeness (QED) is 0.771. The highest BCUT2D eigenvalue weighted by Gasteiger charge is 2.20. The van der Waals surface area contributed by atoms with E-state index in [-0.39, 0.29) is 0 Å². The molecule has 1 aromatic heterocycles. The van der Waals surface area contributed by atoms with E-state index in [2.05, 4.69) is 57.1 Å². The number of anilines is 3. The molecule has 3 rings (SSSR count). The van der Waals surface area contributed by atoms with E-state index < -0.39 is 0 Å². The van der Waals surface area contributed by atoms with Gasteiger partial charge in [-0.3, -0.25) is 0 Å². The number of hydrogen-bond acceptors (Lipinski definition) is 6. The van der Waals surface area contributed by atoms with Gasteiger partial charge in [-0.05, 0) is 37.5 Å². The van der Waals surface area contributed by atoms with Crippen molar-refractivity contribution >= 4 is 17.3 Å². The number of aromatic nitrogens is 2. The van der Waals surface area contributed by atoms with Crippen molar-refractivity contribution in [1.29, 1.82) is 0 Å². The van der Waals surface area contributed by atoms with E-state index in [4.69, 9.17) is 4.74 Å². The molecule has 6 heteroatoms. The van der Waals surface area contributed by atoms with Gasteiger partial charge in [0.05, 0.1) is 0 Å². The van der Waals surface area contributed by atoms with Crippen LogP contribution in [0.15, 0.2) is 30.6 Å². The van der Waals surface area contributed by atoms with Crippen molar-refractivity contribution in [3.05, 3.63) is 41.7 Å². The van der Waals surface area contributed by atoms with Crippen LogP contribution in [0.3, 0.4) is 0 Å². The number of nitrogens with zero attached hydrogens (tertiary/aromatic N) is 4. The Morgan fingerprint density at radius 1 is 1.08 bits per heavy atom. The Bertz CT molecular complexity index is 713. The zero-order valence-corrected chi connectivity index (χ0v) is 16.0. The lowest BCUT2D eigenvalue weighted by molar-refractivity contribution is 0.198. The van der Waals surface area contributed by atoms with Gasteiger partial charge in [0.25, 0.3) is 0 Å². The van der Waals surface area contributed by atoms with Crippen LogP contribution in [0.4, 0.5) is 17.3 Å². The highest BCUT2D eigenvalue weighted by molar-refractivity contribution is 5.57. The molecule has 0 radical (unpaired) electrons. The highest BCUT2D eigenvalue weighted by atomic mass is 16.5. The minimum absolute atomic E-state index is 0.755. The molecule has 2 aromatic rings.